The van der Waals surface area contributed by atoms with Crippen molar-refractivity contribution in [2.75, 3.05) is 11.1 Å². The lowest BCUT2D eigenvalue weighted by atomic mass is 10.1. The van der Waals surface area contributed by atoms with Gasteiger partial charge in [0.2, 0.25) is 5.91 Å². The average Bonchev–Trinajstić information content (AvgIpc) is 3.33. The molecule has 0 aliphatic heterocycles. The van der Waals surface area contributed by atoms with Gasteiger partial charge in [-0.15, -0.1) is 21.5 Å². The second kappa shape index (κ2) is 9.84. The van der Waals surface area contributed by atoms with Crippen LogP contribution in [0.4, 0.5) is 5.69 Å². The number of nitrogens with zero attached hydrogens (tertiary/aromatic N) is 3. The van der Waals surface area contributed by atoms with Crippen molar-refractivity contribution in [2.45, 2.75) is 45.3 Å². The van der Waals surface area contributed by atoms with Gasteiger partial charge in [-0.05, 0) is 38.0 Å². The van der Waals surface area contributed by atoms with Crippen molar-refractivity contribution in [1.82, 2.24) is 14.8 Å². The predicted molar refractivity (Wildman–Crippen MR) is 119 cm³/mol. The largest absolute Gasteiger partial charge is 0.325 e. The molecule has 0 aliphatic rings. The van der Waals surface area contributed by atoms with Crippen LogP contribution in [0.25, 0.3) is 11.4 Å². The quantitative estimate of drug-likeness (QED) is 0.387. The summed E-state index contributed by atoms with van der Waals surface area (Å²) in [6, 6.07) is 9.11. The molecule has 0 bridgehead atoms. The lowest BCUT2D eigenvalue weighted by Gasteiger charge is -2.09. The highest BCUT2D eigenvalue weighted by atomic mass is 32.2. The SMILES string of the molecule is CCCn1c(SCC(=O)Nc2cccc(C(C)=O)c2)nnc1-c1csc(CC)c1. The van der Waals surface area contributed by atoms with Crippen molar-refractivity contribution >= 4 is 40.5 Å². The fraction of sp³-hybridized carbons (Fsp3) is 0.333. The van der Waals surface area contributed by atoms with Gasteiger partial charge in [-0.25, -0.2) is 0 Å². The number of anilines is 1. The molecule has 2 heterocycles. The summed E-state index contributed by atoms with van der Waals surface area (Å²) < 4.78 is 2.08. The van der Waals surface area contributed by atoms with Crippen LogP contribution in [0.1, 0.15) is 42.4 Å². The number of thioether (sulfide) groups is 1. The molecule has 0 atom stereocenters. The van der Waals surface area contributed by atoms with E-state index in [4.69, 9.17) is 0 Å². The second-order valence-corrected chi connectivity index (χ2v) is 8.53. The number of aryl methyl sites for hydroxylation is 1. The zero-order valence-corrected chi connectivity index (χ0v) is 18.4. The third kappa shape index (κ3) is 5.33. The summed E-state index contributed by atoms with van der Waals surface area (Å²) in [5.41, 5.74) is 2.26. The lowest BCUT2D eigenvalue weighted by molar-refractivity contribution is -0.113. The molecule has 6 nitrogen and oxygen atoms in total. The molecule has 3 rings (SSSR count). The van der Waals surface area contributed by atoms with Crippen LogP contribution >= 0.6 is 23.1 Å². The highest BCUT2D eigenvalue weighted by Crippen LogP contribution is 2.28. The number of thiophene rings is 1. The lowest BCUT2D eigenvalue weighted by Crippen LogP contribution is -2.15. The molecular weight excluding hydrogens is 404 g/mol. The molecule has 152 valence electrons. The van der Waals surface area contributed by atoms with Crippen molar-refractivity contribution in [3.63, 3.8) is 0 Å². The molecule has 29 heavy (non-hydrogen) atoms. The molecule has 0 unspecified atom stereocenters. The third-order valence-corrected chi connectivity index (χ3v) is 6.36. The number of benzene rings is 1. The number of Topliss-reactive ketones (excluding diaryl/α,β-unsaturated/α-hetero) is 1. The molecule has 0 saturated carbocycles. The fourth-order valence-electron chi connectivity index (χ4n) is 2.86. The molecule has 1 N–H and O–H groups in total. The van der Waals surface area contributed by atoms with Gasteiger partial charge in [-0.3, -0.25) is 9.59 Å². The van der Waals surface area contributed by atoms with Crippen molar-refractivity contribution in [1.29, 1.82) is 0 Å². The first-order valence-corrected chi connectivity index (χ1v) is 11.4. The number of carbonyl (C=O) groups is 2. The second-order valence-electron chi connectivity index (χ2n) is 6.59. The van der Waals surface area contributed by atoms with E-state index in [1.165, 1.54) is 23.6 Å². The highest BCUT2D eigenvalue weighted by molar-refractivity contribution is 7.99. The number of rotatable bonds is 9. The Morgan fingerprint density at radius 1 is 1.21 bits per heavy atom. The average molecular weight is 429 g/mol. The van der Waals surface area contributed by atoms with E-state index in [2.05, 4.69) is 45.4 Å². The van der Waals surface area contributed by atoms with Gasteiger partial charge in [0, 0.05) is 33.6 Å². The van der Waals surface area contributed by atoms with Crippen LogP contribution < -0.4 is 5.32 Å². The van der Waals surface area contributed by atoms with Crippen molar-refractivity contribution < 1.29 is 9.59 Å². The molecule has 3 aromatic rings. The Morgan fingerprint density at radius 2 is 2.03 bits per heavy atom. The van der Waals surface area contributed by atoms with E-state index >= 15 is 0 Å². The first-order chi connectivity index (χ1) is 14.0. The van der Waals surface area contributed by atoms with Gasteiger partial charge in [0.15, 0.2) is 16.8 Å². The summed E-state index contributed by atoms with van der Waals surface area (Å²) in [6.07, 6.45) is 1.95. The minimum Gasteiger partial charge on any atom is -0.325 e. The topological polar surface area (TPSA) is 76.9 Å². The van der Waals surface area contributed by atoms with Crippen LogP contribution in [0.5, 0.6) is 0 Å². The zero-order chi connectivity index (χ0) is 20.8. The van der Waals surface area contributed by atoms with E-state index < -0.39 is 0 Å². The number of hydrogen-bond donors (Lipinski definition) is 1. The fourth-order valence-corrected chi connectivity index (χ4v) is 4.44. The zero-order valence-electron chi connectivity index (χ0n) is 16.8. The molecular formula is C21H24N4O2S2. The van der Waals surface area contributed by atoms with Crippen LogP contribution in [0.15, 0.2) is 40.9 Å². The normalized spacial score (nSPS) is 10.9. The van der Waals surface area contributed by atoms with Crippen molar-refractivity contribution in [3.05, 3.63) is 46.2 Å². The predicted octanol–water partition coefficient (Wildman–Crippen LogP) is 4.91. The van der Waals surface area contributed by atoms with Gasteiger partial charge in [-0.1, -0.05) is 37.7 Å². The number of carbonyl (C=O) groups excluding carboxylic acids is 2. The molecule has 1 amide bonds. The van der Waals surface area contributed by atoms with Crippen LogP contribution in [0.3, 0.4) is 0 Å². The van der Waals surface area contributed by atoms with Gasteiger partial charge in [0.25, 0.3) is 0 Å². The van der Waals surface area contributed by atoms with Crippen molar-refractivity contribution in [3.8, 4) is 11.4 Å². The number of aromatic nitrogens is 3. The molecule has 8 heteroatoms. The van der Waals surface area contributed by atoms with Crippen LogP contribution in [-0.2, 0) is 17.8 Å². The Bertz CT molecular complexity index is 1010. The maximum Gasteiger partial charge on any atom is 0.234 e. The first kappa shape index (κ1) is 21.3. The molecule has 0 aliphatic carbocycles. The van der Waals surface area contributed by atoms with Gasteiger partial charge in [0.1, 0.15) is 0 Å². The monoisotopic (exact) mass is 428 g/mol. The maximum absolute atomic E-state index is 12.4. The Labute approximate surface area is 178 Å². The van der Waals surface area contributed by atoms with E-state index in [0.29, 0.717) is 11.3 Å². The van der Waals surface area contributed by atoms with Gasteiger partial charge < -0.3 is 9.88 Å². The molecule has 2 aromatic heterocycles. The Kier molecular flexibility index (Phi) is 7.22. The van der Waals surface area contributed by atoms with E-state index in [0.717, 1.165) is 35.9 Å². The van der Waals surface area contributed by atoms with Crippen molar-refractivity contribution in [2.24, 2.45) is 0 Å². The number of ketones is 1. The van der Waals surface area contributed by atoms with Gasteiger partial charge >= 0.3 is 0 Å². The smallest absolute Gasteiger partial charge is 0.234 e. The van der Waals surface area contributed by atoms with E-state index in [9.17, 15) is 9.59 Å². The summed E-state index contributed by atoms with van der Waals surface area (Å²) >= 11 is 3.09. The van der Waals surface area contributed by atoms with Gasteiger partial charge in [0.05, 0.1) is 5.75 Å². The van der Waals surface area contributed by atoms with Crippen LogP contribution in [-0.4, -0.2) is 32.2 Å². The Balaban J connectivity index is 1.69. The summed E-state index contributed by atoms with van der Waals surface area (Å²) in [5.74, 6) is 0.887. The Hall–Kier alpha value is -2.45. The van der Waals surface area contributed by atoms with E-state index in [1.54, 1.807) is 35.6 Å². The summed E-state index contributed by atoms with van der Waals surface area (Å²) in [4.78, 5) is 25.2. The molecule has 0 spiro atoms. The summed E-state index contributed by atoms with van der Waals surface area (Å²) in [7, 11) is 0. The van der Waals surface area contributed by atoms with Crippen LogP contribution in [0, 0.1) is 0 Å². The van der Waals surface area contributed by atoms with E-state index in [1.807, 2.05) is 0 Å². The highest BCUT2D eigenvalue weighted by Gasteiger charge is 2.16. The number of amides is 1. The minimum atomic E-state index is -0.146. The number of hydrogen-bond acceptors (Lipinski definition) is 6. The number of nitrogens with one attached hydrogen (secondary N) is 1. The molecule has 0 radical (unpaired) electrons. The first-order valence-electron chi connectivity index (χ1n) is 9.56. The summed E-state index contributed by atoms with van der Waals surface area (Å²) in [6.45, 7) is 6.55. The standard InChI is InChI=1S/C21H24N4O2S2/c1-4-9-25-20(16-11-18(5-2)28-12-16)23-24-21(25)29-13-19(27)22-17-8-6-7-15(10-17)14(3)26/h6-8,10-12H,4-5,9,13H2,1-3H3,(H,22,27). The van der Waals surface area contributed by atoms with E-state index in [-0.39, 0.29) is 17.4 Å². The van der Waals surface area contributed by atoms with Crippen LogP contribution in [0.2, 0.25) is 0 Å². The Morgan fingerprint density at radius 3 is 2.72 bits per heavy atom. The minimum absolute atomic E-state index is 0.0321. The molecule has 0 saturated heterocycles. The maximum atomic E-state index is 12.4. The van der Waals surface area contributed by atoms with Gasteiger partial charge in [-0.2, -0.15) is 0 Å². The molecule has 1 aromatic carbocycles. The molecule has 0 fully saturated rings. The summed E-state index contributed by atoms with van der Waals surface area (Å²) in [5, 5.41) is 14.4. The third-order valence-electron chi connectivity index (χ3n) is 4.31.